The van der Waals surface area contributed by atoms with E-state index in [1.54, 1.807) is 30.3 Å². The molecule has 210 valence electrons. The monoisotopic (exact) mass is 657 g/mol. The van der Waals surface area contributed by atoms with Crippen LogP contribution in [0.1, 0.15) is 38.9 Å². The molecule has 3 heterocycles. The molecule has 2 aromatic heterocycles. The number of fused-ring (bicyclic) bond motifs is 2. The van der Waals surface area contributed by atoms with E-state index in [1.165, 1.54) is 31.0 Å². The quantitative estimate of drug-likeness (QED) is 0.249. The summed E-state index contributed by atoms with van der Waals surface area (Å²) in [5.41, 5.74) is 2.43. The molecule has 0 fully saturated rings. The van der Waals surface area contributed by atoms with E-state index in [9.17, 15) is 19.2 Å². The van der Waals surface area contributed by atoms with Gasteiger partial charge in [-0.15, -0.1) is 0 Å². The van der Waals surface area contributed by atoms with Gasteiger partial charge in [-0.1, -0.05) is 35.3 Å². The predicted molar refractivity (Wildman–Crippen MR) is 156 cm³/mol. The minimum atomic E-state index is -0.685. The first-order valence-electron chi connectivity index (χ1n) is 12.3. The summed E-state index contributed by atoms with van der Waals surface area (Å²) < 4.78 is 8.68. The third-order valence-electron chi connectivity index (χ3n) is 6.65. The number of hydrogen-bond donors (Lipinski definition) is 0. The number of carbonyl (C=O) groups is 4. The standard InChI is InChI=1S/C28H22BrCl2N5O5/c1-15-25(29)34-12-6-9-22(26(34)32-15)41-14-19-20(30)10-11-21(24(19)31)33(3)23(38)13-35(16(2)37)36-27(39)17-7-4-5-8-18(17)28(36)40/h4-12H,13-14H2,1-3H3. The summed E-state index contributed by atoms with van der Waals surface area (Å²) in [5.74, 6) is -2.13. The summed E-state index contributed by atoms with van der Waals surface area (Å²) in [5, 5.41) is 2.00. The highest BCUT2D eigenvalue weighted by atomic mass is 79.9. The number of aryl methyl sites for hydroxylation is 1. The zero-order valence-corrected chi connectivity index (χ0v) is 25.1. The first-order valence-corrected chi connectivity index (χ1v) is 13.8. The van der Waals surface area contributed by atoms with E-state index in [0.29, 0.717) is 32.7 Å². The third kappa shape index (κ3) is 5.05. The van der Waals surface area contributed by atoms with Gasteiger partial charge in [0.1, 0.15) is 17.8 Å². The number of halogens is 3. The van der Waals surface area contributed by atoms with Crippen LogP contribution in [0.2, 0.25) is 10.0 Å². The van der Waals surface area contributed by atoms with Gasteiger partial charge in [-0.3, -0.25) is 23.6 Å². The number of ether oxygens (including phenoxy) is 1. The van der Waals surface area contributed by atoms with Crippen LogP contribution in [0.3, 0.4) is 0 Å². The van der Waals surface area contributed by atoms with Crippen molar-refractivity contribution in [3.63, 3.8) is 0 Å². The van der Waals surface area contributed by atoms with E-state index in [2.05, 4.69) is 20.9 Å². The molecule has 0 unspecified atom stereocenters. The number of imidazole rings is 1. The molecule has 0 spiro atoms. The average molecular weight is 659 g/mol. The lowest BCUT2D eigenvalue weighted by Crippen LogP contribution is -2.52. The Labute approximate surface area is 253 Å². The van der Waals surface area contributed by atoms with Crippen LogP contribution in [0.5, 0.6) is 5.75 Å². The highest BCUT2D eigenvalue weighted by Crippen LogP contribution is 2.35. The van der Waals surface area contributed by atoms with Crippen molar-refractivity contribution in [2.24, 2.45) is 0 Å². The molecule has 1 aliphatic rings. The Hall–Kier alpha value is -3.93. The second kappa shape index (κ2) is 11.2. The second-order valence-electron chi connectivity index (χ2n) is 9.20. The molecular formula is C28H22BrCl2N5O5. The number of carbonyl (C=O) groups excluding carboxylic acids is 4. The Morgan fingerprint density at radius 2 is 1.68 bits per heavy atom. The van der Waals surface area contributed by atoms with Crippen LogP contribution in [0.25, 0.3) is 5.65 Å². The Kier molecular flexibility index (Phi) is 7.78. The summed E-state index contributed by atoms with van der Waals surface area (Å²) in [4.78, 5) is 57.5. The molecule has 0 atom stereocenters. The molecule has 0 aliphatic carbocycles. The highest BCUT2D eigenvalue weighted by molar-refractivity contribution is 9.10. The Morgan fingerprint density at radius 3 is 2.32 bits per heavy atom. The van der Waals surface area contributed by atoms with Crippen molar-refractivity contribution < 1.29 is 23.9 Å². The van der Waals surface area contributed by atoms with Crippen molar-refractivity contribution in [3.8, 4) is 5.75 Å². The molecule has 41 heavy (non-hydrogen) atoms. The molecule has 13 heteroatoms. The van der Waals surface area contributed by atoms with Gasteiger partial charge in [0.2, 0.25) is 11.8 Å². The fourth-order valence-corrected chi connectivity index (χ4v) is 5.43. The van der Waals surface area contributed by atoms with Gasteiger partial charge in [0, 0.05) is 30.8 Å². The molecule has 0 radical (unpaired) electrons. The molecule has 0 N–H and O–H groups in total. The van der Waals surface area contributed by atoms with E-state index < -0.39 is 30.2 Å². The fraction of sp³-hybridized carbons (Fsp3) is 0.179. The van der Waals surface area contributed by atoms with Crippen LogP contribution in [0, 0.1) is 6.92 Å². The summed E-state index contributed by atoms with van der Waals surface area (Å²) in [6, 6.07) is 12.9. The molecule has 1 aliphatic heterocycles. The number of hydrazine groups is 1. The maximum Gasteiger partial charge on any atom is 0.280 e. The van der Waals surface area contributed by atoms with Crippen LogP contribution in [0.4, 0.5) is 5.69 Å². The van der Waals surface area contributed by atoms with E-state index in [4.69, 9.17) is 27.9 Å². The van der Waals surface area contributed by atoms with Crippen LogP contribution in [-0.4, -0.2) is 56.6 Å². The van der Waals surface area contributed by atoms with Crippen molar-refractivity contribution >= 4 is 74.1 Å². The van der Waals surface area contributed by atoms with Crippen molar-refractivity contribution in [2.45, 2.75) is 20.5 Å². The van der Waals surface area contributed by atoms with Gasteiger partial charge in [-0.2, -0.15) is 5.01 Å². The maximum atomic E-state index is 13.4. The number of amides is 4. The number of pyridine rings is 1. The van der Waals surface area contributed by atoms with Crippen LogP contribution < -0.4 is 9.64 Å². The molecular weight excluding hydrogens is 637 g/mol. The molecule has 4 amide bonds. The number of likely N-dealkylation sites (N-methyl/N-ethyl adjacent to an activating group) is 1. The summed E-state index contributed by atoms with van der Waals surface area (Å²) in [6.07, 6.45) is 1.85. The second-order valence-corrected chi connectivity index (χ2v) is 10.7. The molecule has 10 nitrogen and oxygen atoms in total. The summed E-state index contributed by atoms with van der Waals surface area (Å²) in [7, 11) is 1.47. The Bertz CT molecular complexity index is 1720. The summed E-state index contributed by atoms with van der Waals surface area (Å²) in [6.45, 7) is 2.43. The van der Waals surface area contributed by atoms with Crippen LogP contribution in [-0.2, 0) is 16.2 Å². The van der Waals surface area contributed by atoms with E-state index in [1.807, 2.05) is 23.6 Å². The summed E-state index contributed by atoms with van der Waals surface area (Å²) >= 11 is 16.7. The van der Waals surface area contributed by atoms with E-state index >= 15 is 0 Å². The van der Waals surface area contributed by atoms with Crippen molar-refractivity contribution in [1.29, 1.82) is 0 Å². The predicted octanol–water partition coefficient (Wildman–Crippen LogP) is 5.31. The zero-order chi connectivity index (χ0) is 29.6. The van der Waals surface area contributed by atoms with Gasteiger partial charge in [0.05, 0.1) is 27.5 Å². The lowest BCUT2D eigenvalue weighted by Gasteiger charge is -2.30. The largest absolute Gasteiger partial charge is 0.485 e. The minimum Gasteiger partial charge on any atom is -0.485 e. The van der Waals surface area contributed by atoms with Gasteiger partial charge >= 0.3 is 0 Å². The normalized spacial score (nSPS) is 12.6. The average Bonchev–Trinajstić information content (AvgIpc) is 3.38. The Morgan fingerprint density at radius 1 is 1.02 bits per heavy atom. The lowest BCUT2D eigenvalue weighted by molar-refractivity contribution is -0.143. The fourth-order valence-electron chi connectivity index (χ4n) is 4.45. The van der Waals surface area contributed by atoms with Gasteiger partial charge in [-0.05, 0) is 59.3 Å². The number of aromatic nitrogens is 2. The SMILES string of the molecule is CC(=O)N(CC(=O)N(C)c1ccc(Cl)c(COc2cccn3c(Br)c(C)nc23)c1Cl)N1C(=O)c2ccccc2C1=O. The van der Waals surface area contributed by atoms with Crippen LogP contribution >= 0.6 is 39.1 Å². The molecule has 5 rings (SSSR count). The number of nitrogens with zero attached hydrogens (tertiary/aromatic N) is 5. The zero-order valence-electron chi connectivity index (χ0n) is 22.0. The Balaban J connectivity index is 1.37. The lowest BCUT2D eigenvalue weighted by atomic mass is 10.1. The third-order valence-corrected chi connectivity index (χ3v) is 8.38. The molecule has 2 aromatic carbocycles. The van der Waals surface area contributed by atoms with Gasteiger partial charge in [0.25, 0.3) is 11.8 Å². The number of imide groups is 1. The number of benzene rings is 2. The first kappa shape index (κ1) is 28.6. The molecule has 0 bridgehead atoms. The van der Waals surface area contributed by atoms with Gasteiger partial charge in [0.15, 0.2) is 11.4 Å². The number of rotatable bonds is 7. The smallest absolute Gasteiger partial charge is 0.280 e. The first-order chi connectivity index (χ1) is 19.5. The maximum absolute atomic E-state index is 13.4. The molecule has 0 saturated carbocycles. The number of anilines is 1. The highest BCUT2D eigenvalue weighted by Gasteiger charge is 2.41. The van der Waals surface area contributed by atoms with E-state index in [-0.39, 0.29) is 22.8 Å². The number of hydrogen-bond acceptors (Lipinski definition) is 6. The van der Waals surface area contributed by atoms with Crippen molar-refractivity contribution in [1.82, 2.24) is 19.4 Å². The van der Waals surface area contributed by atoms with Gasteiger partial charge in [-0.25, -0.2) is 9.99 Å². The molecule has 0 saturated heterocycles. The van der Waals surface area contributed by atoms with E-state index in [0.717, 1.165) is 15.3 Å². The van der Waals surface area contributed by atoms with Crippen LogP contribution in [0.15, 0.2) is 59.3 Å². The van der Waals surface area contributed by atoms with Crippen molar-refractivity contribution in [2.75, 3.05) is 18.5 Å². The molecule has 4 aromatic rings. The minimum absolute atomic E-state index is 0.0225. The topological polar surface area (TPSA) is 105 Å². The van der Waals surface area contributed by atoms with Crippen molar-refractivity contribution in [3.05, 3.63) is 91.8 Å². The van der Waals surface area contributed by atoms with Gasteiger partial charge < -0.3 is 9.64 Å².